The summed E-state index contributed by atoms with van der Waals surface area (Å²) in [6.07, 6.45) is 5.12. The van der Waals surface area contributed by atoms with Crippen LogP contribution in [0.2, 0.25) is 0 Å². The van der Waals surface area contributed by atoms with Crippen molar-refractivity contribution in [3.05, 3.63) is 35.9 Å². The van der Waals surface area contributed by atoms with E-state index >= 15 is 0 Å². The lowest BCUT2D eigenvalue weighted by molar-refractivity contribution is 0.295. The molecular weight excluding hydrogens is 232 g/mol. The van der Waals surface area contributed by atoms with E-state index in [0.717, 1.165) is 19.5 Å². The number of nitrogens with zero attached hydrogens (tertiary/aromatic N) is 1. The molecule has 0 spiro atoms. The largest absolute Gasteiger partial charge is 0.316 e. The van der Waals surface area contributed by atoms with Gasteiger partial charge in [-0.25, -0.2) is 0 Å². The Balaban J connectivity index is 1.89. The number of hydrogen-bond donors (Lipinski definition) is 1. The molecule has 0 saturated carbocycles. The molecule has 0 aliphatic heterocycles. The molecule has 0 aromatic heterocycles. The van der Waals surface area contributed by atoms with Crippen LogP contribution in [-0.2, 0) is 6.42 Å². The molecule has 1 rings (SSSR count). The highest BCUT2D eigenvalue weighted by Gasteiger charge is 1.98. The maximum atomic E-state index is 3.54. The third-order valence-electron chi connectivity index (χ3n) is 3.66. The molecule has 19 heavy (non-hydrogen) atoms. The summed E-state index contributed by atoms with van der Waals surface area (Å²) < 4.78 is 0. The van der Waals surface area contributed by atoms with Crippen molar-refractivity contribution in [2.75, 3.05) is 32.7 Å². The van der Waals surface area contributed by atoms with Gasteiger partial charge in [0, 0.05) is 0 Å². The molecule has 0 aliphatic rings. The second-order valence-electron chi connectivity index (χ2n) is 5.07. The normalized spacial score (nSPS) is 11.1. The van der Waals surface area contributed by atoms with Crippen LogP contribution in [0.1, 0.15) is 38.7 Å². The fourth-order valence-electron chi connectivity index (χ4n) is 2.30. The zero-order chi connectivity index (χ0) is 13.8. The summed E-state index contributed by atoms with van der Waals surface area (Å²) >= 11 is 0. The van der Waals surface area contributed by atoms with Gasteiger partial charge in [-0.2, -0.15) is 0 Å². The van der Waals surface area contributed by atoms with Crippen molar-refractivity contribution in [1.29, 1.82) is 0 Å². The van der Waals surface area contributed by atoms with Crippen molar-refractivity contribution in [1.82, 2.24) is 10.2 Å². The third-order valence-corrected chi connectivity index (χ3v) is 3.66. The quantitative estimate of drug-likeness (QED) is 0.615. The van der Waals surface area contributed by atoms with Gasteiger partial charge in [-0.15, -0.1) is 0 Å². The number of unbranched alkanes of at least 4 members (excludes halogenated alkanes) is 2. The highest BCUT2D eigenvalue weighted by atomic mass is 15.1. The molecule has 0 saturated heterocycles. The second-order valence-corrected chi connectivity index (χ2v) is 5.07. The topological polar surface area (TPSA) is 15.3 Å². The summed E-state index contributed by atoms with van der Waals surface area (Å²) in [5.41, 5.74) is 1.43. The molecule has 0 fully saturated rings. The molecule has 108 valence electrons. The summed E-state index contributed by atoms with van der Waals surface area (Å²) in [6.45, 7) is 10.4. The lowest BCUT2D eigenvalue weighted by atomic mass is 10.1. The van der Waals surface area contributed by atoms with E-state index in [2.05, 4.69) is 54.4 Å². The van der Waals surface area contributed by atoms with Crippen LogP contribution in [0, 0.1) is 0 Å². The van der Waals surface area contributed by atoms with E-state index in [1.54, 1.807) is 0 Å². The molecule has 0 radical (unpaired) electrons. The van der Waals surface area contributed by atoms with E-state index in [0.29, 0.717) is 0 Å². The van der Waals surface area contributed by atoms with Gasteiger partial charge in [0.1, 0.15) is 0 Å². The van der Waals surface area contributed by atoms with Gasteiger partial charge in [0.2, 0.25) is 0 Å². The van der Waals surface area contributed by atoms with Crippen molar-refractivity contribution in [2.24, 2.45) is 0 Å². The Hall–Kier alpha value is -0.860. The van der Waals surface area contributed by atoms with Gasteiger partial charge >= 0.3 is 0 Å². The highest BCUT2D eigenvalue weighted by Crippen LogP contribution is 1.99. The Kier molecular flexibility index (Phi) is 9.38. The molecule has 0 amide bonds. The first-order valence-electron chi connectivity index (χ1n) is 7.83. The monoisotopic (exact) mass is 262 g/mol. The summed E-state index contributed by atoms with van der Waals surface area (Å²) in [5, 5.41) is 3.54. The van der Waals surface area contributed by atoms with Crippen LogP contribution in [0.25, 0.3) is 0 Å². The molecular formula is C17H30N2. The zero-order valence-electron chi connectivity index (χ0n) is 12.7. The van der Waals surface area contributed by atoms with Crippen molar-refractivity contribution in [3.8, 4) is 0 Å². The standard InChI is InChI=1S/C17H30N2/c1-3-19(4-2)16-10-6-9-14-18-15-13-17-11-7-5-8-12-17/h5,7-8,11-12,18H,3-4,6,9-10,13-16H2,1-2H3. The average Bonchev–Trinajstić information content (AvgIpc) is 2.47. The predicted molar refractivity (Wildman–Crippen MR) is 84.7 cm³/mol. The van der Waals surface area contributed by atoms with E-state index in [4.69, 9.17) is 0 Å². The fraction of sp³-hybridized carbons (Fsp3) is 0.647. The van der Waals surface area contributed by atoms with Gasteiger partial charge in [0.05, 0.1) is 0 Å². The lowest BCUT2D eigenvalue weighted by Gasteiger charge is -2.17. The minimum atomic E-state index is 1.10. The molecule has 1 aromatic carbocycles. The third kappa shape index (κ3) is 8.02. The maximum Gasteiger partial charge on any atom is -0.000835 e. The van der Waals surface area contributed by atoms with Crippen LogP contribution in [0.5, 0.6) is 0 Å². The first kappa shape index (κ1) is 16.2. The van der Waals surface area contributed by atoms with Crippen LogP contribution >= 0.6 is 0 Å². The van der Waals surface area contributed by atoms with Gasteiger partial charge in [0.15, 0.2) is 0 Å². The summed E-state index contributed by atoms with van der Waals surface area (Å²) in [6, 6.07) is 10.7. The predicted octanol–water partition coefficient (Wildman–Crippen LogP) is 3.33. The van der Waals surface area contributed by atoms with Gasteiger partial charge in [-0.05, 0) is 57.5 Å². The van der Waals surface area contributed by atoms with Crippen LogP contribution in [-0.4, -0.2) is 37.6 Å². The number of hydrogen-bond acceptors (Lipinski definition) is 2. The van der Waals surface area contributed by atoms with Gasteiger partial charge in [0.25, 0.3) is 0 Å². The molecule has 0 unspecified atom stereocenters. The van der Waals surface area contributed by atoms with Crippen LogP contribution < -0.4 is 5.32 Å². The second kappa shape index (κ2) is 11.0. The molecule has 1 N–H and O–H groups in total. The van der Waals surface area contributed by atoms with Gasteiger partial charge < -0.3 is 10.2 Å². The van der Waals surface area contributed by atoms with E-state index in [9.17, 15) is 0 Å². The highest BCUT2D eigenvalue weighted by molar-refractivity contribution is 5.14. The van der Waals surface area contributed by atoms with Crippen molar-refractivity contribution < 1.29 is 0 Å². The Bertz CT molecular complexity index is 293. The number of rotatable bonds is 11. The number of nitrogens with one attached hydrogen (secondary N) is 1. The van der Waals surface area contributed by atoms with Crippen LogP contribution in [0.3, 0.4) is 0 Å². The summed E-state index contributed by atoms with van der Waals surface area (Å²) in [5.74, 6) is 0. The smallest absolute Gasteiger partial charge is 0.000835 e. The van der Waals surface area contributed by atoms with E-state index in [-0.39, 0.29) is 0 Å². The van der Waals surface area contributed by atoms with Crippen LogP contribution in [0.15, 0.2) is 30.3 Å². The van der Waals surface area contributed by atoms with E-state index in [1.807, 2.05) is 0 Å². The maximum absolute atomic E-state index is 3.54. The molecule has 2 heteroatoms. The molecule has 1 aromatic rings. The summed E-state index contributed by atoms with van der Waals surface area (Å²) in [7, 11) is 0. The molecule has 0 heterocycles. The first-order chi connectivity index (χ1) is 9.36. The SMILES string of the molecule is CCN(CC)CCCCCNCCc1ccccc1. The Morgan fingerprint density at radius 3 is 2.32 bits per heavy atom. The summed E-state index contributed by atoms with van der Waals surface area (Å²) in [4.78, 5) is 2.50. The minimum absolute atomic E-state index is 1.10. The average molecular weight is 262 g/mol. The van der Waals surface area contributed by atoms with E-state index < -0.39 is 0 Å². The van der Waals surface area contributed by atoms with Gasteiger partial charge in [-0.3, -0.25) is 0 Å². The number of benzene rings is 1. The lowest BCUT2D eigenvalue weighted by Crippen LogP contribution is -2.24. The van der Waals surface area contributed by atoms with E-state index in [1.165, 1.54) is 44.5 Å². The minimum Gasteiger partial charge on any atom is -0.316 e. The Morgan fingerprint density at radius 1 is 0.895 bits per heavy atom. The molecule has 2 nitrogen and oxygen atoms in total. The fourth-order valence-corrected chi connectivity index (χ4v) is 2.30. The van der Waals surface area contributed by atoms with Crippen LogP contribution in [0.4, 0.5) is 0 Å². The molecule has 0 atom stereocenters. The molecule has 0 bridgehead atoms. The molecule has 0 aliphatic carbocycles. The Labute approximate surface area is 119 Å². The Morgan fingerprint density at radius 2 is 1.63 bits per heavy atom. The zero-order valence-corrected chi connectivity index (χ0v) is 12.7. The first-order valence-corrected chi connectivity index (χ1v) is 7.83. The van der Waals surface area contributed by atoms with Crippen molar-refractivity contribution >= 4 is 0 Å². The van der Waals surface area contributed by atoms with Gasteiger partial charge in [-0.1, -0.05) is 50.6 Å². The van der Waals surface area contributed by atoms with Crippen molar-refractivity contribution in [2.45, 2.75) is 39.5 Å². The van der Waals surface area contributed by atoms with Crippen molar-refractivity contribution in [3.63, 3.8) is 0 Å².